The first-order chi connectivity index (χ1) is 11.0. The van der Waals surface area contributed by atoms with E-state index in [0.29, 0.717) is 16.1 Å². The number of carbonyl (C=O) groups is 2. The van der Waals surface area contributed by atoms with Crippen LogP contribution in [0.4, 0.5) is 0 Å². The maximum absolute atomic E-state index is 12.0. The van der Waals surface area contributed by atoms with Crippen molar-refractivity contribution in [3.05, 3.63) is 35.4 Å². The summed E-state index contributed by atoms with van der Waals surface area (Å²) >= 11 is 3.85. The van der Waals surface area contributed by atoms with Crippen LogP contribution in [0, 0.1) is 5.92 Å². The Labute approximate surface area is 146 Å². The molecule has 23 heavy (non-hydrogen) atoms. The summed E-state index contributed by atoms with van der Waals surface area (Å²) in [6.45, 7) is 5.74. The zero-order valence-electron chi connectivity index (χ0n) is 13.7. The number of rotatable bonds is 6. The smallest absolute Gasteiger partial charge is 0.338 e. The van der Waals surface area contributed by atoms with Crippen molar-refractivity contribution < 1.29 is 14.3 Å². The van der Waals surface area contributed by atoms with Gasteiger partial charge in [0.2, 0.25) is 0 Å². The van der Waals surface area contributed by atoms with Crippen LogP contribution in [0.3, 0.4) is 0 Å². The molecule has 1 aliphatic rings. The highest BCUT2D eigenvalue weighted by Gasteiger charge is 2.19. The third kappa shape index (κ3) is 5.46. The Balaban J connectivity index is 1.82. The lowest BCUT2D eigenvalue weighted by molar-refractivity contribution is -0.125. The summed E-state index contributed by atoms with van der Waals surface area (Å²) in [6, 6.07) is 7.53. The van der Waals surface area contributed by atoms with E-state index >= 15 is 0 Å². The van der Waals surface area contributed by atoms with Crippen LogP contribution < -0.4 is 5.32 Å². The van der Waals surface area contributed by atoms with Crippen LogP contribution in [0.2, 0.25) is 0 Å². The van der Waals surface area contributed by atoms with E-state index in [1.54, 1.807) is 12.1 Å². The van der Waals surface area contributed by atoms with Crippen LogP contribution in [-0.2, 0) is 9.53 Å². The summed E-state index contributed by atoms with van der Waals surface area (Å²) in [7, 11) is 0. The van der Waals surface area contributed by atoms with E-state index < -0.39 is 5.97 Å². The molecule has 1 atom stereocenters. The van der Waals surface area contributed by atoms with E-state index in [0.717, 1.165) is 0 Å². The summed E-state index contributed by atoms with van der Waals surface area (Å²) in [5, 5.41) is 2.81. The monoisotopic (exact) mass is 353 g/mol. The lowest BCUT2D eigenvalue weighted by Crippen LogP contribution is -2.38. The Bertz CT molecular complexity index is 539. The van der Waals surface area contributed by atoms with Gasteiger partial charge < -0.3 is 10.1 Å². The number of esters is 1. The summed E-state index contributed by atoms with van der Waals surface area (Å²) in [5.41, 5.74) is 1.70. The largest absolute Gasteiger partial charge is 0.452 e. The molecule has 4 nitrogen and oxygen atoms in total. The van der Waals surface area contributed by atoms with Gasteiger partial charge in [0.25, 0.3) is 5.91 Å². The van der Waals surface area contributed by atoms with E-state index in [2.05, 4.69) is 5.32 Å². The van der Waals surface area contributed by atoms with Gasteiger partial charge in [0.05, 0.1) is 10.1 Å². The minimum Gasteiger partial charge on any atom is -0.452 e. The molecule has 0 bridgehead atoms. The minimum absolute atomic E-state index is 0.0573. The fourth-order valence-corrected chi connectivity index (χ4v) is 4.86. The van der Waals surface area contributed by atoms with Crippen LogP contribution in [0.15, 0.2) is 24.3 Å². The highest BCUT2D eigenvalue weighted by Crippen LogP contribution is 2.45. The molecule has 1 amide bonds. The van der Waals surface area contributed by atoms with Crippen molar-refractivity contribution in [2.45, 2.75) is 31.4 Å². The van der Waals surface area contributed by atoms with Crippen molar-refractivity contribution in [2.24, 2.45) is 5.92 Å². The number of amides is 1. The zero-order valence-corrected chi connectivity index (χ0v) is 15.3. The molecule has 2 rings (SSSR count). The van der Waals surface area contributed by atoms with Gasteiger partial charge >= 0.3 is 5.97 Å². The molecule has 1 saturated heterocycles. The van der Waals surface area contributed by atoms with Gasteiger partial charge in [-0.15, -0.1) is 23.5 Å². The molecule has 1 aliphatic heterocycles. The quantitative estimate of drug-likeness (QED) is 0.794. The Morgan fingerprint density at radius 3 is 2.35 bits per heavy atom. The van der Waals surface area contributed by atoms with Crippen molar-refractivity contribution >= 4 is 35.4 Å². The lowest BCUT2D eigenvalue weighted by atomic mass is 10.1. The van der Waals surface area contributed by atoms with E-state index in [9.17, 15) is 9.59 Å². The number of thioether (sulfide) groups is 2. The second-order valence-electron chi connectivity index (χ2n) is 5.87. The molecule has 6 heteroatoms. The molecule has 1 N–H and O–H groups in total. The molecule has 0 unspecified atom stereocenters. The molecule has 0 aromatic heterocycles. The Morgan fingerprint density at radius 2 is 1.78 bits per heavy atom. The maximum Gasteiger partial charge on any atom is 0.338 e. The summed E-state index contributed by atoms with van der Waals surface area (Å²) in [6.07, 6.45) is 0. The highest BCUT2D eigenvalue weighted by molar-refractivity contribution is 8.19. The highest BCUT2D eigenvalue weighted by atomic mass is 32.2. The third-order valence-corrected chi connectivity index (χ3v) is 6.87. The average molecular weight is 354 g/mol. The topological polar surface area (TPSA) is 55.4 Å². The zero-order chi connectivity index (χ0) is 16.8. The molecular formula is C17H23NO3S2. The summed E-state index contributed by atoms with van der Waals surface area (Å²) < 4.78 is 5.54. The van der Waals surface area contributed by atoms with Gasteiger partial charge in [0.15, 0.2) is 6.61 Å². The number of hydrogen-bond acceptors (Lipinski definition) is 5. The molecule has 0 saturated carbocycles. The van der Waals surface area contributed by atoms with Crippen molar-refractivity contribution in [3.8, 4) is 0 Å². The van der Waals surface area contributed by atoms with E-state index in [1.165, 1.54) is 17.1 Å². The van der Waals surface area contributed by atoms with Crippen molar-refractivity contribution in [1.82, 2.24) is 5.32 Å². The molecule has 1 fully saturated rings. The third-order valence-electron chi connectivity index (χ3n) is 3.76. The van der Waals surface area contributed by atoms with Gasteiger partial charge in [0, 0.05) is 17.5 Å². The Morgan fingerprint density at radius 1 is 1.17 bits per heavy atom. The molecule has 126 valence electrons. The van der Waals surface area contributed by atoms with E-state index in [1.807, 2.05) is 56.4 Å². The molecule has 0 aliphatic carbocycles. The van der Waals surface area contributed by atoms with Crippen molar-refractivity contribution in [2.75, 3.05) is 18.1 Å². The summed E-state index contributed by atoms with van der Waals surface area (Å²) in [4.78, 5) is 23.7. The number of ether oxygens (including phenoxy) is 1. The number of hydrogen-bond donors (Lipinski definition) is 1. The maximum atomic E-state index is 12.0. The molecule has 1 aromatic carbocycles. The van der Waals surface area contributed by atoms with Gasteiger partial charge in [-0.05, 0) is 30.5 Å². The van der Waals surface area contributed by atoms with Crippen LogP contribution in [-0.4, -0.2) is 36.0 Å². The van der Waals surface area contributed by atoms with Crippen molar-refractivity contribution in [3.63, 3.8) is 0 Å². The average Bonchev–Trinajstić information content (AvgIpc) is 3.07. The fraction of sp³-hybridized carbons (Fsp3) is 0.529. The molecule has 0 radical (unpaired) electrons. The van der Waals surface area contributed by atoms with Crippen LogP contribution in [0.5, 0.6) is 0 Å². The fourth-order valence-electron chi connectivity index (χ4n) is 2.00. The summed E-state index contributed by atoms with van der Waals surface area (Å²) in [5.74, 6) is 1.95. The number of carbonyl (C=O) groups excluding carboxylic acids is 2. The molecule has 1 aromatic rings. The van der Waals surface area contributed by atoms with Crippen LogP contribution in [0.1, 0.15) is 41.3 Å². The Kier molecular flexibility index (Phi) is 6.84. The predicted octanol–water partition coefficient (Wildman–Crippen LogP) is 3.48. The van der Waals surface area contributed by atoms with Crippen LogP contribution in [0.25, 0.3) is 0 Å². The molecule has 1 heterocycles. The predicted molar refractivity (Wildman–Crippen MR) is 96.8 cm³/mol. The van der Waals surface area contributed by atoms with Gasteiger partial charge in [-0.3, -0.25) is 4.79 Å². The van der Waals surface area contributed by atoms with Gasteiger partial charge in [-0.1, -0.05) is 26.0 Å². The first-order valence-corrected chi connectivity index (χ1v) is 9.86. The van der Waals surface area contributed by atoms with Crippen molar-refractivity contribution in [1.29, 1.82) is 0 Å². The first kappa shape index (κ1) is 18.2. The van der Waals surface area contributed by atoms with Gasteiger partial charge in [0.1, 0.15) is 0 Å². The number of benzene rings is 1. The molecular weight excluding hydrogens is 330 g/mol. The normalized spacial score (nSPS) is 16.3. The standard InChI is InChI=1S/C17H23NO3S2/c1-11(2)12(3)18-15(19)10-21-16(20)13-4-6-14(7-5-13)17-22-8-9-23-17/h4-7,11-12,17H,8-10H2,1-3H3,(H,18,19)/t12-/m0/s1. The van der Waals surface area contributed by atoms with E-state index in [4.69, 9.17) is 4.74 Å². The van der Waals surface area contributed by atoms with Gasteiger partial charge in [-0.25, -0.2) is 4.79 Å². The molecule has 0 spiro atoms. The first-order valence-electron chi connectivity index (χ1n) is 7.77. The second-order valence-corrected chi connectivity index (χ2v) is 8.60. The Hall–Kier alpha value is -1.14. The van der Waals surface area contributed by atoms with Crippen LogP contribution >= 0.6 is 23.5 Å². The lowest BCUT2D eigenvalue weighted by Gasteiger charge is -2.17. The van der Waals surface area contributed by atoms with Gasteiger partial charge in [-0.2, -0.15) is 0 Å². The SMILES string of the molecule is CC(C)[C@H](C)NC(=O)COC(=O)c1ccc(C2SCCS2)cc1. The minimum atomic E-state index is -0.462. The second kappa shape index (κ2) is 8.64. The van der Waals surface area contributed by atoms with E-state index in [-0.39, 0.29) is 18.6 Å². The number of nitrogens with one attached hydrogen (secondary N) is 1.